The Kier molecular flexibility index (Phi) is 5.65. The maximum absolute atomic E-state index is 12.9. The number of hydrogen-bond donors (Lipinski definition) is 1. The topological polar surface area (TPSA) is 74.2 Å². The zero-order valence-corrected chi connectivity index (χ0v) is 16.5. The van der Waals surface area contributed by atoms with E-state index in [-0.39, 0.29) is 5.91 Å². The Labute approximate surface area is 170 Å². The predicted molar refractivity (Wildman–Crippen MR) is 113 cm³/mol. The lowest BCUT2D eigenvalue weighted by molar-refractivity contribution is 0.0740. The minimum absolute atomic E-state index is 0.0439. The molecule has 1 aliphatic heterocycles. The van der Waals surface area contributed by atoms with Gasteiger partial charge in [-0.1, -0.05) is 29.8 Å². The summed E-state index contributed by atoms with van der Waals surface area (Å²) in [5, 5.41) is 3.37. The van der Waals surface area contributed by atoms with Crippen molar-refractivity contribution in [1.82, 2.24) is 19.9 Å². The van der Waals surface area contributed by atoms with Crippen molar-refractivity contribution in [2.75, 3.05) is 36.4 Å². The van der Waals surface area contributed by atoms with Gasteiger partial charge in [-0.15, -0.1) is 0 Å². The van der Waals surface area contributed by atoms with Gasteiger partial charge in [-0.2, -0.15) is 0 Å². The molecule has 1 amide bonds. The number of hydrogen-bond acceptors (Lipinski definition) is 6. The quantitative estimate of drug-likeness (QED) is 0.724. The molecule has 1 aromatic carbocycles. The lowest BCUT2D eigenvalue weighted by Gasteiger charge is -2.34. The number of rotatable bonds is 5. The number of amides is 1. The third kappa shape index (κ3) is 4.68. The highest BCUT2D eigenvalue weighted by molar-refractivity contribution is 5.93. The number of pyridine rings is 1. The van der Waals surface area contributed by atoms with Gasteiger partial charge in [0.15, 0.2) is 0 Å². The normalized spacial score (nSPS) is 14.0. The van der Waals surface area contributed by atoms with E-state index in [0.717, 1.165) is 5.69 Å². The molecule has 0 atom stereocenters. The van der Waals surface area contributed by atoms with Crippen molar-refractivity contribution in [2.24, 2.45) is 0 Å². The second-order valence-electron chi connectivity index (χ2n) is 7.10. The summed E-state index contributed by atoms with van der Waals surface area (Å²) in [6.07, 6.45) is 5.15. The molecule has 1 saturated heterocycles. The number of nitrogens with one attached hydrogen (secondary N) is 1. The highest BCUT2D eigenvalue weighted by atomic mass is 16.2. The molecule has 7 heteroatoms. The largest absolute Gasteiger partial charge is 0.381 e. The van der Waals surface area contributed by atoms with E-state index in [9.17, 15) is 4.79 Å². The minimum Gasteiger partial charge on any atom is -0.381 e. The fraction of sp³-hybridized carbons (Fsp3) is 0.273. The van der Waals surface area contributed by atoms with Gasteiger partial charge in [0, 0.05) is 57.0 Å². The van der Waals surface area contributed by atoms with Gasteiger partial charge in [0.25, 0.3) is 5.91 Å². The molecule has 1 fully saturated rings. The Morgan fingerprint density at radius 3 is 2.41 bits per heavy atom. The summed E-state index contributed by atoms with van der Waals surface area (Å²) in [5.74, 6) is 0.664. The number of aryl methyl sites for hydroxylation is 1. The molecule has 0 aliphatic carbocycles. The van der Waals surface area contributed by atoms with Crippen LogP contribution in [-0.4, -0.2) is 51.9 Å². The Hall–Kier alpha value is -3.48. The van der Waals surface area contributed by atoms with Crippen LogP contribution in [0.2, 0.25) is 0 Å². The summed E-state index contributed by atoms with van der Waals surface area (Å²) in [6, 6.07) is 13.9. The van der Waals surface area contributed by atoms with Crippen molar-refractivity contribution in [3.63, 3.8) is 0 Å². The van der Waals surface area contributed by atoms with Crippen molar-refractivity contribution < 1.29 is 4.79 Å². The smallest absolute Gasteiger partial charge is 0.272 e. The van der Waals surface area contributed by atoms with Gasteiger partial charge in [-0.3, -0.25) is 9.78 Å². The highest BCUT2D eigenvalue weighted by Gasteiger charge is 2.24. The summed E-state index contributed by atoms with van der Waals surface area (Å²) < 4.78 is 0. The zero-order valence-electron chi connectivity index (χ0n) is 16.5. The van der Waals surface area contributed by atoms with Gasteiger partial charge in [-0.25, -0.2) is 9.97 Å². The molecule has 0 spiro atoms. The van der Waals surface area contributed by atoms with Crippen molar-refractivity contribution in [1.29, 1.82) is 0 Å². The van der Waals surface area contributed by atoms with E-state index in [4.69, 9.17) is 0 Å². The molecule has 2 aromatic heterocycles. The molecule has 0 saturated carbocycles. The first-order chi connectivity index (χ1) is 14.2. The molecule has 29 heavy (non-hydrogen) atoms. The fourth-order valence-electron chi connectivity index (χ4n) is 3.29. The lowest BCUT2D eigenvalue weighted by atomic mass is 10.1. The first kappa shape index (κ1) is 18.9. The monoisotopic (exact) mass is 388 g/mol. The molecule has 1 aliphatic rings. The maximum atomic E-state index is 12.9. The molecule has 0 unspecified atom stereocenters. The standard InChI is InChI=1S/C22H24N6O/c1-17-3-5-18(6-4-17)16-26-19-7-10-23-20(15-19)21(29)27-11-13-28(14-12-27)22-24-8-2-9-25-22/h2-10,15H,11-14,16H2,1H3,(H,23,26). The number of aromatic nitrogens is 3. The van der Waals surface area contributed by atoms with Crippen LogP contribution in [0.25, 0.3) is 0 Å². The first-order valence-corrected chi connectivity index (χ1v) is 9.76. The number of anilines is 2. The number of benzene rings is 1. The lowest BCUT2D eigenvalue weighted by Crippen LogP contribution is -2.49. The van der Waals surface area contributed by atoms with Crippen LogP contribution in [0.15, 0.2) is 61.1 Å². The van der Waals surface area contributed by atoms with E-state index < -0.39 is 0 Å². The average Bonchev–Trinajstić information content (AvgIpc) is 2.79. The molecule has 0 radical (unpaired) electrons. The van der Waals surface area contributed by atoms with Gasteiger partial charge in [0.1, 0.15) is 5.69 Å². The number of carbonyl (C=O) groups excluding carboxylic acids is 1. The summed E-state index contributed by atoms with van der Waals surface area (Å²) in [5.41, 5.74) is 3.78. The van der Waals surface area contributed by atoms with Gasteiger partial charge in [0.05, 0.1) is 0 Å². The van der Waals surface area contributed by atoms with Crippen molar-refractivity contribution in [2.45, 2.75) is 13.5 Å². The van der Waals surface area contributed by atoms with Crippen LogP contribution in [0.5, 0.6) is 0 Å². The van der Waals surface area contributed by atoms with Gasteiger partial charge >= 0.3 is 0 Å². The summed E-state index contributed by atoms with van der Waals surface area (Å²) in [7, 11) is 0. The third-order valence-corrected chi connectivity index (χ3v) is 5.00. The highest BCUT2D eigenvalue weighted by Crippen LogP contribution is 2.15. The molecular weight excluding hydrogens is 364 g/mol. The Bertz CT molecular complexity index is 953. The third-order valence-electron chi connectivity index (χ3n) is 5.00. The van der Waals surface area contributed by atoms with Crippen LogP contribution in [-0.2, 0) is 6.54 Å². The average molecular weight is 388 g/mol. The minimum atomic E-state index is -0.0439. The number of nitrogens with zero attached hydrogens (tertiary/aromatic N) is 5. The Balaban J connectivity index is 1.35. The zero-order chi connectivity index (χ0) is 20.1. The maximum Gasteiger partial charge on any atom is 0.272 e. The number of carbonyl (C=O) groups is 1. The molecule has 3 heterocycles. The fourth-order valence-corrected chi connectivity index (χ4v) is 3.29. The van der Waals surface area contributed by atoms with Crippen molar-refractivity contribution in [3.8, 4) is 0 Å². The molecule has 1 N–H and O–H groups in total. The summed E-state index contributed by atoms with van der Waals surface area (Å²) in [6.45, 7) is 5.44. The predicted octanol–water partition coefficient (Wildman–Crippen LogP) is 2.75. The summed E-state index contributed by atoms with van der Waals surface area (Å²) >= 11 is 0. The molecule has 148 valence electrons. The first-order valence-electron chi connectivity index (χ1n) is 9.76. The van der Waals surface area contributed by atoms with E-state index in [1.165, 1.54) is 11.1 Å². The van der Waals surface area contributed by atoms with Crippen LogP contribution in [0.4, 0.5) is 11.6 Å². The van der Waals surface area contributed by atoms with Crippen LogP contribution >= 0.6 is 0 Å². The van der Waals surface area contributed by atoms with Crippen molar-refractivity contribution in [3.05, 3.63) is 77.9 Å². The van der Waals surface area contributed by atoms with Gasteiger partial charge < -0.3 is 15.1 Å². The van der Waals surface area contributed by atoms with E-state index in [2.05, 4.69) is 56.4 Å². The molecular formula is C22H24N6O. The second-order valence-corrected chi connectivity index (χ2v) is 7.10. The molecule has 0 bridgehead atoms. The van der Waals surface area contributed by atoms with E-state index in [0.29, 0.717) is 44.4 Å². The number of piperazine rings is 1. The molecule has 3 aromatic rings. The van der Waals surface area contributed by atoms with Crippen LogP contribution in [0.1, 0.15) is 21.6 Å². The van der Waals surface area contributed by atoms with E-state index in [1.54, 1.807) is 24.7 Å². The van der Waals surface area contributed by atoms with E-state index >= 15 is 0 Å². The summed E-state index contributed by atoms with van der Waals surface area (Å²) in [4.78, 5) is 29.7. The van der Waals surface area contributed by atoms with E-state index in [1.807, 2.05) is 17.0 Å². The SMILES string of the molecule is Cc1ccc(CNc2ccnc(C(=O)N3CCN(c4ncccn4)CC3)c2)cc1. The Morgan fingerprint density at radius 1 is 0.966 bits per heavy atom. The second kappa shape index (κ2) is 8.68. The molecule has 4 rings (SSSR count). The van der Waals surface area contributed by atoms with Crippen molar-refractivity contribution >= 4 is 17.5 Å². The molecule has 7 nitrogen and oxygen atoms in total. The van der Waals surface area contributed by atoms with Crippen LogP contribution in [0, 0.1) is 6.92 Å². The van der Waals surface area contributed by atoms with Gasteiger partial charge in [0.2, 0.25) is 5.95 Å². The van der Waals surface area contributed by atoms with Gasteiger partial charge in [-0.05, 0) is 30.7 Å². The Morgan fingerprint density at radius 2 is 1.69 bits per heavy atom. The van der Waals surface area contributed by atoms with Crippen LogP contribution < -0.4 is 10.2 Å². The van der Waals surface area contributed by atoms with Crippen LogP contribution in [0.3, 0.4) is 0 Å².